The summed E-state index contributed by atoms with van der Waals surface area (Å²) in [7, 11) is 0. The topological polar surface area (TPSA) is 54.4 Å². The molecule has 3 nitrogen and oxygen atoms in total. The molecule has 4 heteroatoms. The fourth-order valence-corrected chi connectivity index (χ4v) is 0.213. The Hall–Kier alpha value is -0.691. The number of hydrogen-bond donors (Lipinski definition) is 1. The predicted octanol–water partition coefficient (Wildman–Crippen LogP) is -0.331. The number of rotatable bonds is 2. The van der Waals surface area contributed by atoms with Gasteiger partial charge in [0.15, 0.2) is 0 Å². The van der Waals surface area contributed by atoms with E-state index in [2.05, 4.69) is 0 Å². The van der Waals surface area contributed by atoms with Crippen molar-refractivity contribution in [3.63, 3.8) is 0 Å². The Balaban J connectivity index is 0. The number of carboxylic acids is 1. The molecule has 40 valence electrons. The molecule has 0 fully saturated rings. The summed E-state index contributed by atoms with van der Waals surface area (Å²) in [4.78, 5) is 19.5. The van der Waals surface area contributed by atoms with Crippen LogP contribution in [0.15, 0.2) is 0 Å². The summed E-state index contributed by atoms with van der Waals surface area (Å²) in [6.45, 7) is 1.24. The fourth-order valence-electron chi connectivity index (χ4n) is 0.213. The van der Waals surface area contributed by atoms with Crippen molar-refractivity contribution in [2.24, 2.45) is 0 Å². The molecule has 0 aromatic carbocycles. The van der Waals surface area contributed by atoms with Crippen LogP contribution in [0.4, 0.5) is 0 Å². The molecule has 0 spiro atoms. The summed E-state index contributed by atoms with van der Waals surface area (Å²) >= 11 is 0. The molecule has 0 unspecified atom stereocenters. The van der Waals surface area contributed by atoms with Gasteiger partial charge in [-0.15, -0.1) is 0 Å². The van der Waals surface area contributed by atoms with Gasteiger partial charge in [-0.3, -0.25) is 9.59 Å². The SMILES string of the molecule is CC(=O)CC(=O)O.[Be+2]. The first kappa shape index (κ1) is 10.3. The van der Waals surface area contributed by atoms with E-state index in [0.717, 1.165) is 0 Å². The zero-order valence-corrected chi connectivity index (χ0v) is 4.68. The maximum atomic E-state index is 9.87. The maximum absolute atomic E-state index is 9.87. The van der Waals surface area contributed by atoms with E-state index in [1.807, 2.05) is 0 Å². The minimum Gasteiger partial charge on any atom is -0.481 e. The number of ketones is 1. The van der Waals surface area contributed by atoms with Gasteiger partial charge in [0.2, 0.25) is 0 Å². The Kier molecular flexibility index (Phi) is 5.76. The van der Waals surface area contributed by atoms with Crippen LogP contribution in [0.3, 0.4) is 0 Å². The van der Waals surface area contributed by atoms with Crippen LogP contribution < -0.4 is 0 Å². The average molecular weight is 111 g/mol. The van der Waals surface area contributed by atoms with E-state index in [4.69, 9.17) is 5.11 Å². The van der Waals surface area contributed by atoms with Crippen LogP contribution in [-0.4, -0.2) is 27.0 Å². The predicted molar refractivity (Wildman–Crippen MR) is 28.7 cm³/mol. The van der Waals surface area contributed by atoms with Crippen molar-refractivity contribution in [2.75, 3.05) is 0 Å². The van der Waals surface area contributed by atoms with Gasteiger partial charge in [0.1, 0.15) is 12.2 Å². The quantitative estimate of drug-likeness (QED) is 0.392. The summed E-state index contributed by atoms with van der Waals surface area (Å²) in [6, 6.07) is 0. The first-order chi connectivity index (χ1) is 3.13. The Morgan fingerprint density at radius 1 is 1.50 bits per heavy atom. The molecule has 0 aliphatic rings. The largest absolute Gasteiger partial charge is 2.00 e. The molecule has 0 heterocycles. The molecule has 0 amide bonds. The fraction of sp³-hybridized carbons (Fsp3) is 0.500. The normalized spacial score (nSPS) is 7.12. The molecule has 1 N–H and O–H groups in total. The van der Waals surface area contributed by atoms with Gasteiger partial charge in [-0.2, -0.15) is 0 Å². The van der Waals surface area contributed by atoms with E-state index in [9.17, 15) is 9.59 Å². The second-order valence-corrected chi connectivity index (χ2v) is 1.27. The van der Waals surface area contributed by atoms with Gasteiger partial charge in [0.25, 0.3) is 0 Å². The number of Topliss-reactive ketones (excluding diaryl/α,β-unsaturated/α-hetero) is 1. The summed E-state index contributed by atoms with van der Waals surface area (Å²) < 4.78 is 0. The van der Waals surface area contributed by atoms with E-state index < -0.39 is 5.97 Å². The van der Waals surface area contributed by atoms with Crippen molar-refractivity contribution in [1.29, 1.82) is 0 Å². The number of carbonyl (C=O) groups excluding carboxylic acids is 1. The van der Waals surface area contributed by atoms with Gasteiger partial charge in [-0.1, -0.05) is 0 Å². The summed E-state index contributed by atoms with van der Waals surface area (Å²) in [5, 5.41) is 7.86. The first-order valence-electron chi connectivity index (χ1n) is 1.84. The van der Waals surface area contributed by atoms with Crippen molar-refractivity contribution < 1.29 is 14.7 Å². The second-order valence-electron chi connectivity index (χ2n) is 1.27. The smallest absolute Gasteiger partial charge is 0.481 e. The van der Waals surface area contributed by atoms with Crippen molar-refractivity contribution in [1.82, 2.24) is 0 Å². The van der Waals surface area contributed by atoms with Crippen molar-refractivity contribution >= 4 is 21.9 Å². The van der Waals surface area contributed by atoms with Crippen LogP contribution >= 0.6 is 0 Å². The van der Waals surface area contributed by atoms with E-state index >= 15 is 0 Å². The van der Waals surface area contributed by atoms with Gasteiger partial charge in [0, 0.05) is 0 Å². The van der Waals surface area contributed by atoms with E-state index in [1.165, 1.54) is 6.92 Å². The zero-order valence-electron chi connectivity index (χ0n) is 4.68. The number of aliphatic carboxylic acids is 1. The van der Waals surface area contributed by atoms with E-state index in [-0.39, 0.29) is 22.3 Å². The van der Waals surface area contributed by atoms with Crippen LogP contribution in [0.5, 0.6) is 0 Å². The van der Waals surface area contributed by atoms with Gasteiger partial charge in [-0.05, 0) is 6.92 Å². The third-order valence-electron chi connectivity index (χ3n) is 0.400. The maximum Gasteiger partial charge on any atom is 2.00 e. The molecular weight excluding hydrogens is 105 g/mol. The van der Waals surface area contributed by atoms with Crippen LogP contribution in [0.1, 0.15) is 13.3 Å². The molecule has 8 heavy (non-hydrogen) atoms. The van der Waals surface area contributed by atoms with Crippen LogP contribution in [0.2, 0.25) is 0 Å². The number of hydrogen-bond acceptors (Lipinski definition) is 2. The van der Waals surface area contributed by atoms with Crippen molar-refractivity contribution in [3.8, 4) is 0 Å². The number of carboxylic acid groups (broad SMARTS) is 1. The van der Waals surface area contributed by atoms with E-state index in [0.29, 0.717) is 0 Å². The van der Waals surface area contributed by atoms with Crippen LogP contribution in [-0.2, 0) is 9.59 Å². The van der Waals surface area contributed by atoms with Crippen molar-refractivity contribution in [3.05, 3.63) is 0 Å². The van der Waals surface area contributed by atoms with Gasteiger partial charge < -0.3 is 5.11 Å². The van der Waals surface area contributed by atoms with Crippen LogP contribution in [0.25, 0.3) is 0 Å². The van der Waals surface area contributed by atoms with Gasteiger partial charge >= 0.3 is 16.1 Å². The van der Waals surface area contributed by atoms with Gasteiger partial charge in [-0.25, -0.2) is 0 Å². The molecule has 0 bridgehead atoms. The Morgan fingerprint density at radius 3 is 1.88 bits per heavy atom. The number of carbonyl (C=O) groups is 2. The van der Waals surface area contributed by atoms with Crippen LogP contribution in [0, 0.1) is 0 Å². The zero-order chi connectivity index (χ0) is 5.86. The molecule has 0 aromatic rings. The first-order valence-corrected chi connectivity index (χ1v) is 1.84. The summed E-state index contributed by atoms with van der Waals surface area (Å²) in [5.41, 5.74) is 0. The molecule has 0 radical (unpaired) electrons. The molecular formula is C4H6BeO3+2. The third-order valence-corrected chi connectivity index (χ3v) is 0.400. The molecule has 0 aliphatic carbocycles. The molecule has 0 saturated heterocycles. The average Bonchev–Trinajstić information content (AvgIpc) is 1.27. The molecule has 0 atom stereocenters. The monoisotopic (exact) mass is 111 g/mol. The molecule has 0 aliphatic heterocycles. The third kappa shape index (κ3) is 9.00. The molecule has 0 rings (SSSR count). The minimum absolute atomic E-state index is 0. The Bertz CT molecular complexity index is 87.5. The second kappa shape index (κ2) is 4.47. The molecule has 0 saturated carbocycles. The summed E-state index contributed by atoms with van der Waals surface area (Å²) in [6.07, 6.45) is -0.361. The van der Waals surface area contributed by atoms with Crippen molar-refractivity contribution in [2.45, 2.75) is 13.3 Å². The molecule has 0 aromatic heterocycles. The Labute approximate surface area is 50.9 Å². The minimum atomic E-state index is -1.06. The summed E-state index contributed by atoms with van der Waals surface area (Å²) in [5.74, 6) is -1.37. The standard InChI is InChI=1S/C4H6O3.Be/c1-3(5)2-4(6)7;/h2H2,1H3,(H,6,7);/q;+2. The Morgan fingerprint density at radius 2 is 1.88 bits per heavy atom. The van der Waals surface area contributed by atoms with E-state index in [1.54, 1.807) is 0 Å². The van der Waals surface area contributed by atoms with Gasteiger partial charge in [0.05, 0.1) is 0 Å².